The summed E-state index contributed by atoms with van der Waals surface area (Å²) < 4.78 is 54.3. The van der Waals surface area contributed by atoms with E-state index in [1.54, 1.807) is 73.9 Å². The molecule has 0 amide bonds. The second-order valence-corrected chi connectivity index (χ2v) is 22.7. The van der Waals surface area contributed by atoms with Gasteiger partial charge in [-0.3, -0.25) is 9.59 Å². The SMILES string of the molecule is C=C\C(=C/C=C(\C=C\S(N)(=O)=O)Oc1ccc(C(=O)c2ccc(C(C)(C)C(C)(C)Oc3ccc(Oc4ccc(C(=O)c5ccc(C(C)(C)C(C)(C)OC)cc5)cc4)cc3)cc2)cc1)OC(C)(C)C(C)(C)C. The monoisotopic (exact) mass is 981 g/mol. The molecule has 0 atom stereocenters. The number of ether oxygens (including phenoxy) is 5. The second kappa shape index (κ2) is 21.4. The smallest absolute Gasteiger partial charge is 0.231 e. The van der Waals surface area contributed by atoms with Crippen molar-refractivity contribution in [3.8, 4) is 23.0 Å². The molecule has 376 valence electrons. The molecule has 0 spiro atoms. The number of methoxy groups -OCH3 is 1. The summed E-state index contributed by atoms with van der Waals surface area (Å²) in [5.74, 6) is 2.60. The minimum absolute atomic E-state index is 0.0713. The number of rotatable bonds is 21. The summed E-state index contributed by atoms with van der Waals surface area (Å²) in [5.41, 5.74) is 1.60. The third kappa shape index (κ3) is 13.7. The first-order chi connectivity index (χ1) is 32.9. The molecule has 0 unspecified atom stereocenters. The maximum atomic E-state index is 13.7. The third-order valence-electron chi connectivity index (χ3n) is 14.4. The number of primary sulfonamides is 1. The maximum Gasteiger partial charge on any atom is 0.231 e. The van der Waals surface area contributed by atoms with E-state index < -0.39 is 26.6 Å². The van der Waals surface area contributed by atoms with Gasteiger partial charge in [-0.25, -0.2) is 13.6 Å². The highest BCUT2D eigenvalue weighted by Crippen LogP contribution is 2.40. The normalized spacial score (nSPS) is 13.5. The van der Waals surface area contributed by atoms with Crippen LogP contribution in [0.5, 0.6) is 23.0 Å². The lowest BCUT2D eigenvalue weighted by Gasteiger charge is -2.42. The van der Waals surface area contributed by atoms with Gasteiger partial charge < -0.3 is 23.7 Å². The minimum atomic E-state index is -3.95. The number of carbonyl (C=O) groups excluding carboxylic acids is 2. The fourth-order valence-corrected chi connectivity index (χ4v) is 7.34. The molecule has 0 aliphatic carbocycles. The van der Waals surface area contributed by atoms with Gasteiger partial charge in [0.2, 0.25) is 10.0 Å². The Bertz CT molecular complexity index is 2880. The van der Waals surface area contributed by atoms with Gasteiger partial charge in [-0.2, -0.15) is 0 Å². The number of carbonyl (C=O) groups is 2. The zero-order valence-corrected chi connectivity index (χ0v) is 44.6. The van der Waals surface area contributed by atoms with Gasteiger partial charge in [-0.1, -0.05) is 104 Å². The standard InChI is InChI=1S/C60H71NO9S/c1-16-47(69-58(9,10)55(2,3)4)33-34-51(39-40-71(61,64)65)68-49-31-23-44(24-32-49)54(63)42-19-27-46(28-20-42)57(7,8)60(13,14)70-52-37-35-50(36-38-52)67-48-29-21-43(22-30-48)53(62)41-17-25-45(26-18-41)56(5,6)59(11,12)66-15/h16-40H,1H2,2-15H3,(H2,61,64,65)/b40-39+,47-33+,51-34+. The second-order valence-electron chi connectivity index (χ2n) is 21.2. The van der Waals surface area contributed by atoms with Crippen molar-refractivity contribution in [1.29, 1.82) is 0 Å². The Morgan fingerprint density at radius 2 is 0.873 bits per heavy atom. The average Bonchev–Trinajstić information content (AvgIpc) is 3.31. The molecule has 0 bridgehead atoms. The Hall–Kier alpha value is -6.53. The maximum absolute atomic E-state index is 13.7. The van der Waals surface area contributed by atoms with E-state index in [-0.39, 0.29) is 33.8 Å². The van der Waals surface area contributed by atoms with Crippen LogP contribution in [0.3, 0.4) is 0 Å². The molecule has 0 saturated heterocycles. The van der Waals surface area contributed by atoms with E-state index in [2.05, 4.69) is 68.9 Å². The third-order valence-corrected chi connectivity index (χ3v) is 14.9. The number of hydrogen-bond acceptors (Lipinski definition) is 9. The van der Waals surface area contributed by atoms with Gasteiger partial charge in [-0.15, -0.1) is 0 Å². The van der Waals surface area contributed by atoms with Gasteiger partial charge in [-0.05, 0) is 150 Å². The topological polar surface area (TPSA) is 140 Å². The van der Waals surface area contributed by atoms with Crippen LogP contribution < -0.4 is 19.3 Å². The Kier molecular flexibility index (Phi) is 16.7. The summed E-state index contributed by atoms with van der Waals surface area (Å²) in [5, 5.41) is 6.07. The molecule has 0 aromatic heterocycles. The molecule has 10 nitrogen and oxygen atoms in total. The fourth-order valence-electron chi connectivity index (χ4n) is 7.02. The summed E-state index contributed by atoms with van der Waals surface area (Å²) in [6.45, 7) is 30.6. The predicted octanol–water partition coefficient (Wildman–Crippen LogP) is 13.8. The summed E-state index contributed by atoms with van der Waals surface area (Å²) in [4.78, 5) is 27.0. The molecular formula is C60H71NO9S. The van der Waals surface area contributed by atoms with Gasteiger partial charge in [0.25, 0.3) is 0 Å². The number of hydrogen-bond donors (Lipinski definition) is 1. The van der Waals surface area contributed by atoms with E-state index >= 15 is 0 Å². The summed E-state index contributed by atoms with van der Waals surface area (Å²) in [6, 6.07) is 36.3. The fraction of sp³-hybridized carbons (Fsp3) is 0.333. The van der Waals surface area contributed by atoms with Crippen molar-refractivity contribution >= 4 is 21.6 Å². The van der Waals surface area contributed by atoms with Gasteiger partial charge in [0, 0.05) is 51.0 Å². The van der Waals surface area contributed by atoms with Crippen molar-refractivity contribution in [3.63, 3.8) is 0 Å². The lowest BCUT2D eigenvalue weighted by molar-refractivity contribution is -0.0475. The van der Waals surface area contributed by atoms with E-state index in [9.17, 15) is 18.0 Å². The van der Waals surface area contributed by atoms with Crippen LogP contribution in [-0.4, -0.2) is 43.9 Å². The highest BCUT2D eigenvalue weighted by atomic mass is 32.2. The first-order valence-electron chi connectivity index (χ1n) is 23.5. The van der Waals surface area contributed by atoms with Gasteiger partial charge in [0.15, 0.2) is 11.6 Å². The number of benzene rings is 5. The quantitative estimate of drug-likeness (QED) is 0.0432. The van der Waals surface area contributed by atoms with Crippen LogP contribution in [0.15, 0.2) is 169 Å². The Balaban J connectivity index is 1.20. The van der Waals surface area contributed by atoms with Crippen molar-refractivity contribution in [1.82, 2.24) is 0 Å². The van der Waals surface area contributed by atoms with E-state index in [1.807, 2.05) is 100 Å². The van der Waals surface area contributed by atoms with E-state index in [4.69, 9.17) is 28.8 Å². The van der Waals surface area contributed by atoms with Crippen LogP contribution in [0.25, 0.3) is 0 Å². The van der Waals surface area contributed by atoms with Crippen molar-refractivity contribution in [2.75, 3.05) is 7.11 Å². The van der Waals surface area contributed by atoms with Crippen LogP contribution in [0.1, 0.15) is 133 Å². The van der Waals surface area contributed by atoms with Crippen LogP contribution in [0, 0.1) is 5.41 Å². The molecule has 5 rings (SSSR count). The van der Waals surface area contributed by atoms with E-state index in [0.29, 0.717) is 51.0 Å². The van der Waals surface area contributed by atoms with E-state index in [0.717, 1.165) is 16.5 Å². The molecule has 0 aliphatic heterocycles. The van der Waals surface area contributed by atoms with Crippen molar-refractivity contribution < 1.29 is 41.7 Å². The number of ketones is 2. The van der Waals surface area contributed by atoms with Crippen LogP contribution in [-0.2, 0) is 30.3 Å². The highest BCUT2D eigenvalue weighted by molar-refractivity contribution is 7.92. The number of nitrogens with two attached hydrogens (primary N) is 1. The molecule has 0 heterocycles. The molecule has 0 radical (unpaired) electrons. The Morgan fingerprint density at radius 1 is 0.507 bits per heavy atom. The van der Waals surface area contributed by atoms with Gasteiger partial charge in [0.1, 0.15) is 45.7 Å². The average molecular weight is 982 g/mol. The lowest BCUT2D eigenvalue weighted by Crippen LogP contribution is -2.47. The van der Waals surface area contributed by atoms with Crippen molar-refractivity contribution in [2.24, 2.45) is 10.6 Å². The first kappa shape index (κ1) is 55.4. The molecule has 0 saturated carbocycles. The molecule has 0 fully saturated rings. The van der Waals surface area contributed by atoms with Crippen molar-refractivity contribution in [2.45, 2.75) is 118 Å². The molecule has 2 N–H and O–H groups in total. The number of allylic oxidation sites excluding steroid dienone is 4. The van der Waals surface area contributed by atoms with Gasteiger partial charge >= 0.3 is 0 Å². The zero-order valence-electron chi connectivity index (χ0n) is 43.8. The lowest BCUT2D eigenvalue weighted by atomic mass is 9.71. The van der Waals surface area contributed by atoms with E-state index in [1.165, 1.54) is 6.08 Å². The molecule has 71 heavy (non-hydrogen) atoms. The predicted molar refractivity (Wildman–Crippen MR) is 285 cm³/mol. The molecular weight excluding hydrogens is 911 g/mol. The van der Waals surface area contributed by atoms with Crippen molar-refractivity contribution in [3.05, 3.63) is 203 Å². The number of sulfonamides is 1. The van der Waals surface area contributed by atoms with Gasteiger partial charge in [0.05, 0.1) is 5.60 Å². The minimum Gasteiger partial charge on any atom is -0.487 e. The van der Waals surface area contributed by atoms with Crippen LogP contribution >= 0.6 is 0 Å². The van der Waals surface area contributed by atoms with Crippen LogP contribution in [0.4, 0.5) is 0 Å². The molecule has 0 aliphatic rings. The molecule has 5 aromatic carbocycles. The zero-order chi connectivity index (χ0) is 52.8. The summed E-state index contributed by atoms with van der Waals surface area (Å²) >= 11 is 0. The largest absolute Gasteiger partial charge is 0.487 e. The van der Waals surface area contributed by atoms with Crippen LogP contribution in [0.2, 0.25) is 0 Å². The summed E-state index contributed by atoms with van der Waals surface area (Å²) in [7, 11) is -2.24. The molecule has 5 aromatic rings. The Labute approximate surface area is 422 Å². The first-order valence-corrected chi connectivity index (χ1v) is 25.2. The molecule has 11 heteroatoms. The summed E-state index contributed by atoms with van der Waals surface area (Å²) in [6.07, 6.45) is 5.99. The highest BCUT2D eigenvalue weighted by Gasteiger charge is 2.41. The Morgan fingerprint density at radius 3 is 1.27 bits per heavy atom.